The van der Waals surface area contributed by atoms with E-state index in [4.69, 9.17) is 4.74 Å². The van der Waals surface area contributed by atoms with Crippen molar-refractivity contribution in [2.75, 3.05) is 0 Å². The largest absolute Gasteiger partial charge is 0.457 e. The minimum atomic E-state index is -0.248. The highest BCUT2D eigenvalue weighted by atomic mass is 16.5. The average Bonchev–Trinajstić information content (AvgIpc) is 3.25. The molecule has 33 heavy (non-hydrogen) atoms. The maximum Gasteiger partial charge on any atom is 0.261 e. The predicted octanol–water partition coefficient (Wildman–Crippen LogP) is 2.73. The summed E-state index contributed by atoms with van der Waals surface area (Å²) in [6.45, 7) is 0.138. The van der Waals surface area contributed by atoms with E-state index in [1.54, 1.807) is 66.7 Å². The van der Waals surface area contributed by atoms with Crippen LogP contribution < -0.4 is 15.9 Å². The highest BCUT2D eigenvalue weighted by molar-refractivity contribution is 5.79. The first-order chi connectivity index (χ1) is 16.0. The Kier molecular flexibility index (Phi) is 5.06. The number of pyridine rings is 2. The van der Waals surface area contributed by atoms with Crippen LogP contribution in [-0.4, -0.2) is 28.9 Å². The van der Waals surface area contributed by atoms with Gasteiger partial charge < -0.3 is 9.30 Å². The van der Waals surface area contributed by atoms with Crippen molar-refractivity contribution in [3.8, 4) is 22.8 Å². The third-order valence-corrected chi connectivity index (χ3v) is 5.31. The topological polar surface area (TPSA) is 96.8 Å². The number of aromatic nitrogens is 6. The molecular formula is C24H20N6O3. The van der Waals surface area contributed by atoms with Crippen molar-refractivity contribution < 1.29 is 4.74 Å². The minimum absolute atomic E-state index is 0.138. The lowest BCUT2D eigenvalue weighted by atomic mass is 10.2. The van der Waals surface area contributed by atoms with Crippen LogP contribution in [0, 0.1) is 0 Å². The molecule has 0 saturated carbocycles. The summed E-state index contributed by atoms with van der Waals surface area (Å²) in [4.78, 5) is 34.2. The second-order valence-electron chi connectivity index (χ2n) is 7.69. The molecule has 1 aromatic carbocycles. The van der Waals surface area contributed by atoms with Crippen LogP contribution in [0.15, 0.2) is 83.2 Å². The molecule has 0 N–H and O–H groups in total. The van der Waals surface area contributed by atoms with Gasteiger partial charge in [-0.05, 0) is 30.3 Å². The third kappa shape index (κ3) is 4.03. The molecule has 4 aromatic heterocycles. The predicted molar refractivity (Wildman–Crippen MR) is 123 cm³/mol. The van der Waals surface area contributed by atoms with Gasteiger partial charge in [0.05, 0.1) is 35.7 Å². The molecule has 0 fully saturated rings. The van der Waals surface area contributed by atoms with Gasteiger partial charge in [-0.15, -0.1) is 0 Å². The number of nitrogens with zero attached hydrogens (tertiary/aromatic N) is 6. The third-order valence-electron chi connectivity index (χ3n) is 5.31. The monoisotopic (exact) mass is 440 g/mol. The lowest BCUT2D eigenvalue weighted by molar-refractivity contribution is 0.483. The highest BCUT2D eigenvalue weighted by Crippen LogP contribution is 2.26. The van der Waals surface area contributed by atoms with Crippen molar-refractivity contribution in [2.45, 2.75) is 6.54 Å². The molecule has 0 amide bonds. The van der Waals surface area contributed by atoms with E-state index in [-0.39, 0.29) is 17.7 Å². The van der Waals surface area contributed by atoms with Crippen LogP contribution in [0.25, 0.3) is 22.2 Å². The van der Waals surface area contributed by atoms with Crippen LogP contribution in [0.1, 0.15) is 5.56 Å². The van der Waals surface area contributed by atoms with Gasteiger partial charge in [-0.3, -0.25) is 23.8 Å². The van der Waals surface area contributed by atoms with Crippen molar-refractivity contribution >= 4 is 10.9 Å². The quantitative estimate of drug-likeness (QED) is 0.417. The van der Waals surface area contributed by atoms with Gasteiger partial charge in [-0.2, -0.15) is 5.10 Å². The Labute approximate surface area is 188 Å². The van der Waals surface area contributed by atoms with E-state index < -0.39 is 0 Å². The van der Waals surface area contributed by atoms with Gasteiger partial charge in [0.15, 0.2) is 0 Å². The Morgan fingerprint density at radius 1 is 0.970 bits per heavy atom. The summed E-state index contributed by atoms with van der Waals surface area (Å²) in [5.74, 6) is 1.08. The number of aryl methyl sites for hydroxylation is 2. The number of hydrogen-bond acceptors (Lipinski definition) is 6. The summed E-state index contributed by atoms with van der Waals surface area (Å²) < 4.78 is 10.6. The van der Waals surface area contributed by atoms with Crippen LogP contribution in [0.4, 0.5) is 0 Å². The van der Waals surface area contributed by atoms with Gasteiger partial charge in [0.1, 0.15) is 11.5 Å². The van der Waals surface area contributed by atoms with Crippen molar-refractivity contribution in [2.24, 2.45) is 14.1 Å². The standard InChI is InChI=1S/C24H20N6O3/c1-28-9-3-4-16(23(28)31)14-30-15-26-21-6-5-18(10-20(21)24(30)32)33-19-7-8-25-22(11-19)17-12-27-29(2)13-17/h3-13,15H,14H2,1-2H3. The van der Waals surface area contributed by atoms with Gasteiger partial charge in [0.25, 0.3) is 11.1 Å². The van der Waals surface area contributed by atoms with Crippen molar-refractivity contribution in [1.29, 1.82) is 0 Å². The number of benzene rings is 1. The first-order valence-corrected chi connectivity index (χ1v) is 10.2. The molecule has 9 heteroatoms. The molecule has 5 aromatic rings. The van der Waals surface area contributed by atoms with E-state index >= 15 is 0 Å². The van der Waals surface area contributed by atoms with Crippen LogP contribution in [0.2, 0.25) is 0 Å². The van der Waals surface area contributed by atoms with Gasteiger partial charge in [0.2, 0.25) is 0 Å². The number of fused-ring (bicyclic) bond motifs is 1. The molecular weight excluding hydrogens is 420 g/mol. The van der Waals surface area contributed by atoms with E-state index in [0.29, 0.717) is 28.0 Å². The second kappa shape index (κ2) is 8.19. The molecule has 4 heterocycles. The zero-order chi connectivity index (χ0) is 22.9. The summed E-state index contributed by atoms with van der Waals surface area (Å²) in [6.07, 6.45) is 8.40. The fraction of sp³-hybridized carbons (Fsp3) is 0.125. The Bertz CT molecular complexity index is 1600. The molecule has 0 aliphatic rings. The number of rotatable bonds is 5. The Hall–Kier alpha value is -4.53. The van der Waals surface area contributed by atoms with E-state index in [0.717, 1.165) is 11.3 Å². The molecule has 0 aliphatic heterocycles. The smallest absolute Gasteiger partial charge is 0.261 e. The molecule has 0 spiro atoms. The Morgan fingerprint density at radius 2 is 1.82 bits per heavy atom. The molecule has 9 nitrogen and oxygen atoms in total. The number of ether oxygens (including phenoxy) is 1. The Morgan fingerprint density at radius 3 is 2.64 bits per heavy atom. The molecule has 0 radical (unpaired) electrons. The number of hydrogen-bond donors (Lipinski definition) is 0. The summed E-state index contributed by atoms with van der Waals surface area (Å²) in [7, 11) is 3.52. The average molecular weight is 440 g/mol. The fourth-order valence-corrected chi connectivity index (χ4v) is 3.59. The maximum absolute atomic E-state index is 13.1. The molecule has 0 bridgehead atoms. The molecule has 5 rings (SSSR count). The lowest BCUT2D eigenvalue weighted by Crippen LogP contribution is -2.27. The van der Waals surface area contributed by atoms with Crippen LogP contribution in [0.5, 0.6) is 11.5 Å². The zero-order valence-corrected chi connectivity index (χ0v) is 18.0. The SMILES string of the molecule is Cn1cc(-c2cc(Oc3ccc4ncn(Cc5cccn(C)c5=O)c(=O)c4c3)ccn2)cn1. The summed E-state index contributed by atoms with van der Waals surface area (Å²) in [5, 5.41) is 4.58. The fourth-order valence-electron chi connectivity index (χ4n) is 3.59. The normalized spacial score (nSPS) is 11.1. The molecule has 0 atom stereocenters. The molecule has 0 aliphatic carbocycles. The van der Waals surface area contributed by atoms with Gasteiger partial charge in [-0.1, -0.05) is 6.07 Å². The van der Waals surface area contributed by atoms with E-state index in [1.807, 2.05) is 19.3 Å². The van der Waals surface area contributed by atoms with E-state index in [9.17, 15) is 9.59 Å². The molecule has 0 saturated heterocycles. The van der Waals surface area contributed by atoms with Crippen LogP contribution in [0.3, 0.4) is 0 Å². The maximum atomic E-state index is 13.1. The Balaban J connectivity index is 1.47. The van der Waals surface area contributed by atoms with Crippen molar-refractivity contribution in [3.05, 3.63) is 99.9 Å². The lowest BCUT2D eigenvalue weighted by Gasteiger charge is -2.10. The van der Waals surface area contributed by atoms with Gasteiger partial charge in [-0.25, -0.2) is 4.98 Å². The minimum Gasteiger partial charge on any atom is -0.457 e. The molecule has 0 unspecified atom stereocenters. The summed E-state index contributed by atoms with van der Waals surface area (Å²) >= 11 is 0. The van der Waals surface area contributed by atoms with Crippen LogP contribution in [-0.2, 0) is 20.6 Å². The second-order valence-corrected chi connectivity index (χ2v) is 7.69. The zero-order valence-electron chi connectivity index (χ0n) is 18.0. The highest BCUT2D eigenvalue weighted by Gasteiger charge is 2.10. The van der Waals surface area contributed by atoms with Crippen molar-refractivity contribution in [3.63, 3.8) is 0 Å². The first-order valence-electron chi connectivity index (χ1n) is 10.2. The van der Waals surface area contributed by atoms with Gasteiger partial charge >= 0.3 is 0 Å². The van der Waals surface area contributed by atoms with E-state index in [1.165, 1.54) is 15.5 Å². The van der Waals surface area contributed by atoms with Crippen LogP contribution >= 0.6 is 0 Å². The van der Waals surface area contributed by atoms with Crippen molar-refractivity contribution in [1.82, 2.24) is 28.9 Å². The first kappa shape index (κ1) is 20.4. The van der Waals surface area contributed by atoms with E-state index in [2.05, 4.69) is 15.1 Å². The summed E-state index contributed by atoms with van der Waals surface area (Å²) in [5.41, 5.74) is 2.27. The van der Waals surface area contributed by atoms with Gasteiger partial charge in [0, 0.05) is 49.9 Å². The molecule has 164 valence electrons. The summed E-state index contributed by atoms with van der Waals surface area (Å²) in [6, 6.07) is 12.2.